The summed E-state index contributed by atoms with van der Waals surface area (Å²) in [6, 6.07) is 4.28. The van der Waals surface area contributed by atoms with Crippen LogP contribution in [-0.4, -0.2) is 15.5 Å². The minimum Gasteiger partial charge on any atom is -0.446 e. The molecule has 0 spiro atoms. The molecule has 9 heteroatoms. The van der Waals surface area contributed by atoms with Crippen LogP contribution in [-0.2, 0) is 16.6 Å². The molecule has 0 bridgehead atoms. The van der Waals surface area contributed by atoms with Crippen LogP contribution >= 0.6 is 15.9 Å². The summed E-state index contributed by atoms with van der Waals surface area (Å²) in [4.78, 5) is 0. The van der Waals surface area contributed by atoms with Crippen LogP contribution in [0.2, 0.25) is 0 Å². The van der Waals surface area contributed by atoms with E-state index >= 15 is 0 Å². The van der Waals surface area contributed by atoms with Crippen LogP contribution in [0.4, 0.5) is 14.5 Å². The van der Waals surface area contributed by atoms with E-state index in [0.717, 1.165) is 6.07 Å². The Balaban J connectivity index is 2.33. The lowest BCUT2D eigenvalue weighted by atomic mass is 10.3. The van der Waals surface area contributed by atoms with Gasteiger partial charge in [-0.2, -0.15) is 8.42 Å². The summed E-state index contributed by atoms with van der Waals surface area (Å²) >= 11 is 2.91. The summed E-state index contributed by atoms with van der Waals surface area (Å²) in [6.45, 7) is 0.351. The third-order valence-corrected chi connectivity index (χ3v) is 4.34. The van der Waals surface area contributed by atoms with Gasteiger partial charge in [0.2, 0.25) is 5.09 Å². The molecule has 2 rings (SSSR count). The fourth-order valence-electron chi connectivity index (χ4n) is 1.60. The van der Waals surface area contributed by atoms with Crippen molar-refractivity contribution in [2.24, 2.45) is 0 Å². The molecule has 0 aliphatic carbocycles. The maximum Gasteiger partial charge on any atom is 0.295 e. The van der Waals surface area contributed by atoms with Crippen molar-refractivity contribution in [2.45, 2.75) is 11.6 Å². The lowest BCUT2D eigenvalue weighted by Gasteiger charge is -2.09. The minimum atomic E-state index is -4.11. The molecular formula is C12H11BrF2N2O3S. The molecule has 114 valence electrons. The Kier molecular flexibility index (Phi) is 4.64. The van der Waals surface area contributed by atoms with Crippen LogP contribution in [0.25, 0.3) is 0 Å². The van der Waals surface area contributed by atoms with Crippen LogP contribution in [0.5, 0.6) is 0 Å². The number of hydrogen-bond donors (Lipinski definition) is 2. The second-order valence-electron chi connectivity index (χ2n) is 4.10. The molecule has 1 aromatic carbocycles. The summed E-state index contributed by atoms with van der Waals surface area (Å²) in [5.41, 5.74) is -0.386. The van der Waals surface area contributed by atoms with Crippen LogP contribution in [0.1, 0.15) is 5.76 Å². The van der Waals surface area contributed by atoms with E-state index in [0.29, 0.717) is 18.4 Å². The molecule has 0 saturated carbocycles. The Hall–Kier alpha value is -1.45. The summed E-state index contributed by atoms with van der Waals surface area (Å²) < 4.78 is 57.9. The SMILES string of the molecule is CNCc1ccc(S(=O)(=O)Nc2c(F)cc(F)cc2Br)o1. The topological polar surface area (TPSA) is 71.3 Å². The molecule has 0 aliphatic rings. The van der Waals surface area contributed by atoms with Crippen molar-refractivity contribution < 1.29 is 21.6 Å². The highest BCUT2D eigenvalue weighted by molar-refractivity contribution is 9.10. The molecule has 0 radical (unpaired) electrons. The standard InChI is InChI=1S/C12H11BrF2N2O3S/c1-16-6-8-2-3-11(20-8)21(18,19)17-12-9(13)4-7(14)5-10(12)15/h2-5,16-17H,6H2,1H3. The van der Waals surface area contributed by atoms with E-state index in [9.17, 15) is 17.2 Å². The van der Waals surface area contributed by atoms with E-state index < -0.39 is 21.7 Å². The van der Waals surface area contributed by atoms with Gasteiger partial charge in [-0.25, -0.2) is 8.78 Å². The molecular weight excluding hydrogens is 370 g/mol. The summed E-state index contributed by atoms with van der Waals surface area (Å²) in [5.74, 6) is -1.44. The van der Waals surface area contributed by atoms with E-state index in [-0.39, 0.29) is 15.3 Å². The molecule has 21 heavy (non-hydrogen) atoms. The molecule has 0 unspecified atom stereocenters. The van der Waals surface area contributed by atoms with Gasteiger partial charge in [0.15, 0.2) is 5.82 Å². The lowest BCUT2D eigenvalue weighted by Crippen LogP contribution is -2.14. The molecule has 2 N–H and O–H groups in total. The second-order valence-corrected chi connectivity index (χ2v) is 6.57. The van der Waals surface area contributed by atoms with Gasteiger partial charge in [-0.3, -0.25) is 4.72 Å². The molecule has 0 fully saturated rings. The minimum absolute atomic E-state index is 0.0504. The Morgan fingerprint density at radius 3 is 2.62 bits per heavy atom. The average molecular weight is 381 g/mol. The van der Waals surface area contributed by atoms with E-state index in [1.807, 2.05) is 4.72 Å². The number of sulfonamides is 1. The van der Waals surface area contributed by atoms with Crippen LogP contribution in [0.15, 0.2) is 38.2 Å². The summed E-state index contributed by atoms with van der Waals surface area (Å²) in [5, 5.41) is 2.45. The first kappa shape index (κ1) is 15.9. The number of rotatable bonds is 5. The Morgan fingerprint density at radius 1 is 1.29 bits per heavy atom. The third-order valence-electron chi connectivity index (χ3n) is 2.50. The van der Waals surface area contributed by atoms with Crippen molar-refractivity contribution >= 4 is 31.6 Å². The van der Waals surface area contributed by atoms with Crippen molar-refractivity contribution in [2.75, 3.05) is 11.8 Å². The van der Waals surface area contributed by atoms with Gasteiger partial charge >= 0.3 is 0 Å². The first-order chi connectivity index (χ1) is 9.83. The van der Waals surface area contributed by atoms with Crippen molar-refractivity contribution in [1.82, 2.24) is 5.32 Å². The van der Waals surface area contributed by atoms with Gasteiger partial charge in [-0.1, -0.05) is 0 Å². The van der Waals surface area contributed by atoms with E-state index in [1.54, 1.807) is 7.05 Å². The highest BCUT2D eigenvalue weighted by Crippen LogP contribution is 2.29. The molecule has 1 aromatic heterocycles. The zero-order valence-corrected chi connectivity index (χ0v) is 13.2. The largest absolute Gasteiger partial charge is 0.446 e. The lowest BCUT2D eigenvalue weighted by molar-refractivity contribution is 0.408. The first-order valence-corrected chi connectivity index (χ1v) is 8.02. The molecule has 5 nitrogen and oxygen atoms in total. The van der Waals surface area contributed by atoms with Crippen LogP contribution in [0.3, 0.4) is 0 Å². The van der Waals surface area contributed by atoms with E-state index in [4.69, 9.17) is 4.42 Å². The maximum absolute atomic E-state index is 13.6. The van der Waals surface area contributed by atoms with Gasteiger partial charge in [0.05, 0.1) is 12.2 Å². The van der Waals surface area contributed by atoms with Gasteiger partial charge in [-0.15, -0.1) is 0 Å². The Bertz CT molecular complexity index is 739. The number of hydrogen-bond acceptors (Lipinski definition) is 4. The highest BCUT2D eigenvalue weighted by atomic mass is 79.9. The molecule has 0 aliphatic heterocycles. The normalized spacial score (nSPS) is 11.6. The zero-order valence-electron chi connectivity index (χ0n) is 10.8. The van der Waals surface area contributed by atoms with Gasteiger partial charge in [0, 0.05) is 10.5 Å². The van der Waals surface area contributed by atoms with E-state index in [1.165, 1.54) is 12.1 Å². The van der Waals surface area contributed by atoms with Crippen molar-refractivity contribution in [3.8, 4) is 0 Å². The third kappa shape index (κ3) is 3.60. The summed E-state index contributed by atoms with van der Waals surface area (Å²) in [7, 11) is -2.43. The number of benzene rings is 1. The first-order valence-electron chi connectivity index (χ1n) is 5.74. The Morgan fingerprint density at radius 2 is 2.00 bits per heavy atom. The molecule has 1 heterocycles. The van der Waals surface area contributed by atoms with Crippen molar-refractivity contribution in [1.29, 1.82) is 0 Å². The quantitative estimate of drug-likeness (QED) is 0.836. The fourth-order valence-corrected chi connectivity index (χ4v) is 3.28. The predicted octanol–water partition coefficient (Wildman–Crippen LogP) is 2.84. The predicted molar refractivity (Wildman–Crippen MR) is 76.3 cm³/mol. The zero-order chi connectivity index (χ0) is 15.6. The van der Waals surface area contributed by atoms with Gasteiger partial charge < -0.3 is 9.73 Å². The smallest absolute Gasteiger partial charge is 0.295 e. The number of anilines is 1. The molecule has 2 aromatic rings. The second kappa shape index (κ2) is 6.12. The molecule has 0 atom stereocenters. The number of nitrogens with one attached hydrogen (secondary N) is 2. The van der Waals surface area contributed by atoms with Gasteiger partial charge in [0.1, 0.15) is 11.6 Å². The monoisotopic (exact) mass is 380 g/mol. The van der Waals surface area contributed by atoms with Crippen LogP contribution < -0.4 is 10.0 Å². The van der Waals surface area contributed by atoms with Crippen LogP contribution in [0, 0.1) is 11.6 Å². The fraction of sp³-hybridized carbons (Fsp3) is 0.167. The molecule has 0 saturated heterocycles. The summed E-state index contributed by atoms with van der Waals surface area (Å²) in [6.07, 6.45) is 0. The molecule has 0 amide bonds. The maximum atomic E-state index is 13.6. The number of furan rings is 1. The van der Waals surface area contributed by atoms with Gasteiger partial charge in [-0.05, 0) is 41.2 Å². The van der Waals surface area contributed by atoms with E-state index in [2.05, 4.69) is 21.2 Å². The average Bonchev–Trinajstić information content (AvgIpc) is 2.84. The van der Waals surface area contributed by atoms with Crippen molar-refractivity contribution in [3.63, 3.8) is 0 Å². The Labute approximate surface area is 128 Å². The van der Waals surface area contributed by atoms with Gasteiger partial charge in [0.25, 0.3) is 10.0 Å². The van der Waals surface area contributed by atoms with Crippen molar-refractivity contribution in [3.05, 3.63) is 46.1 Å². The number of halogens is 3. The highest BCUT2D eigenvalue weighted by Gasteiger charge is 2.22.